The lowest BCUT2D eigenvalue weighted by Gasteiger charge is -2.31. The number of hydrogen-bond acceptors (Lipinski definition) is 10. The van der Waals surface area contributed by atoms with E-state index in [9.17, 15) is 4.79 Å². The monoisotopic (exact) mass is 564 g/mol. The molecule has 0 unspecified atom stereocenters. The number of nitrogens with zero attached hydrogens (tertiary/aromatic N) is 5. The first-order valence-electron chi connectivity index (χ1n) is 9.98. The van der Waals surface area contributed by atoms with Crippen molar-refractivity contribution in [2.45, 2.75) is 18.9 Å². The van der Waals surface area contributed by atoms with Crippen LogP contribution >= 0.6 is 31.9 Å². The first-order chi connectivity index (χ1) is 15.4. The summed E-state index contributed by atoms with van der Waals surface area (Å²) in [4.78, 5) is 31.3. The number of carbonyl (C=O) groups is 1. The molecule has 3 aromatic rings. The van der Waals surface area contributed by atoms with Gasteiger partial charge >= 0.3 is 5.97 Å². The Bertz CT molecular complexity index is 1110. The molecule has 168 valence electrons. The summed E-state index contributed by atoms with van der Waals surface area (Å²) < 4.78 is 6.28. The number of nitrogen functional groups attached to an aromatic ring is 1. The van der Waals surface area contributed by atoms with Gasteiger partial charge in [-0.05, 0) is 56.8 Å². The molecule has 1 aliphatic rings. The number of anilines is 4. The highest BCUT2D eigenvalue weighted by Crippen LogP contribution is 2.33. The van der Waals surface area contributed by atoms with Crippen LogP contribution in [0.1, 0.15) is 12.8 Å². The van der Waals surface area contributed by atoms with Crippen molar-refractivity contribution >= 4 is 72.0 Å². The van der Waals surface area contributed by atoms with Crippen molar-refractivity contribution in [1.29, 1.82) is 0 Å². The van der Waals surface area contributed by atoms with E-state index in [1.165, 1.54) is 13.4 Å². The largest absolute Gasteiger partial charge is 0.468 e. The number of likely N-dealkylation sites (tertiary alicyclic amines) is 1. The summed E-state index contributed by atoms with van der Waals surface area (Å²) in [6.45, 7) is 1.92. The number of fused-ring (bicyclic) bond motifs is 1. The molecule has 0 saturated carbocycles. The van der Waals surface area contributed by atoms with Crippen LogP contribution in [-0.2, 0) is 9.53 Å². The zero-order valence-electron chi connectivity index (χ0n) is 17.3. The Morgan fingerprint density at radius 1 is 1.22 bits per heavy atom. The molecule has 0 aliphatic carbocycles. The van der Waals surface area contributed by atoms with Gasteiger partial charge in [-0.1, -0.05) is 0 Å². The van der Waals surface area contributed by atoms with Crippen LogP contribution in [0.2, 0.25) is 0 Å². The second kappa shape index (κ2) is 9.92. The SMILES string of the molecule is COC(=O)CN1CCC(Nc2ncc3ncnc(Nc4cc(Br)c(N)c(Br)c4)c3n2)CC1. The lowest BCUT2D eigenvalue weighted by atomic mass is 10.1. The summed E-state index contributed by atoms with van der Waals surface area (Å²) in [5, 5.41) is 6.68. The maximum Gasteiger partial charge on any atom is 0.319 e. The molecule has 10 nitrogen and oxygen atoms in total. The number of nitrogens with two attached hydrogens (primary N) is 1. The van der Waals surface area contributed by atoms with E-state index in [2.05, 4.69) is 67.3 Å². The van der Waals surface area contributed by atoms with Crippen LogP contribution in [0.15, 0.2) is 33.6 Å². The number of ether oxygens (including phenoxy) is 1. The smallest absolute Gasteiger partial charge is 0.319 e. The van der Waals surface area contributed by atoms with Gasteiger partial charge in [0.05, 0.1) is 25.5 Å². The fourth-order valence-corrected chi connectivity index (χ4v) is 4.66. The third kappa shape index (κ3) is 5.25. The average molecular weight is 566 g/mol. The number of esters is 1. The summed E-state index contributed by atoms with van der Waals surface area (Å²) in [6.07, 6.45) is 4.91. The molecule has 0 amide bonds. The molecule has 0 bridgehead atoms. The molecule has 0 spiro atoms. The van der Waals surface area contributed by atoms with E-state index < -0.39 is 0 Å². The Hall–Kier alpha value is -2.57. The molecule has 1 aliphatic heterocycles. The van der Waals surface area contributed by atoms with Gasteiger partial charge in [0.15, 0.2) is 5.82 Å². The summed E-state index contributed by atoms with van der Waals surface area (Å²) in [7, 11) is 1.41. The number of nitrogens with one attached hydrogen (secondary N) is 2. The first-order valence-corrected chi connectivity index (χ1v) is 11.6. The summed E-state index contributed by atoms with van der Waals surface area (Å²) >= 11 is 6.91. The van der Waals surface area contributed by atoms with Crippen LogP contribution in [0, 0.1) is 0 Å². The van der Waals surface area contributed by atoms with Gasteiger partial charge in [0.2, 0.25) is 5.95 Å². The third-order valence-electron chi connectivity index (χ3n) is 5.22. The van der Waals surface area contributed by atoms with Crippen molar-refractivity contribution in [1.82, 2.24) is 24.8 Å². The number of piperidine rings is 1. The van der Waals surface area contributed by atoms with Crippen molar-refractivity contribution < 1.29 is 9.53 Å². The lowest BCUT2D eigenvalue weighted by Crippen LogP contribution is -2.41. The summed E-state index contributed by atoms with van der Waals surface area (Å²) in [6, 6.07) is 3.96. The molecule has 0 atom stereocenters. The fraction of sp³-hybridized carbons (Fsp3) is 0.350. The van der Waals surface area contributed by atoms with Gasteiger partial charge in [0.25, 0.3) is 0 Å². The Morgan fingerprint density at radius 3 is 2.62 bits per heavy atom. The normalized spacial score (nSPS) is 15.0. The highest BCUT2D eigenvalue weighted by atomic mass is 79.9. The van der Waals surface area contributed by atoms with Crippen LogP contribution in [0.25, 0.3) is 11.0 Å². The van der Waals surface area contributed by atoms with E-state index >= 15 is 0 Å². The van der Waals surface area contributed by atoms with E-state index in [0.717, 1.165) is 40.6 Å². The van der Waals surface area contributed by atoms with Crippen molar-refractivity contribution in [3.05, 3.63) is 33.6 Å². The van der Waals surface area contributed by atoms with Crippen molar-refractivity contribution in [2.75, 3.05) is 43.1 Å². The number of halogens is 2. The standard InChI is InChI=1S/C20H22Br2N8O2/c1-32-16(31)9-30-4-2-11(3-5-30)28-20-24-8-15-18(29-20)19(26-10-25-15)27-12-6-13(21)17(23)14(22)7-12/h6-8,10-11H,2-5,9,23H2,1H3,(H,24,28,29)(H,25,26,27). The van der Waals surface area contributed by atoms with Crippen molar-refractivity contribution in [3.63, 3.8) is 0 Å². The van der Waals surface area contributed by atoms with Crippen LogP contribution in [0.4, 0.5) is 23.1 Å². The van der Waals surface area contributed by atoms with Gasteiger partial charge in [-0.3, -0.25) is 9.69 Å². The predicted molar refractivity (Wildman–Crippen MR) is 130 cm³/mol. The molecule has 32 heavy (non-hydrogen) atoms. The first kappa shape index (κ1) is 22.6. The molecule has 0 radical (unpaired) electrons. The van der Waals surface area contributed by atoms with Crippen LogP contribution in [-0.4, -0.2) is 63.6 Å². The van der Waals surface area contributed by atoms with E-state index in [-0.39, 0.29) is 12.0 Å². The maximum absolute atomic E-state index is 11.5. The quantitative estimate of drug-likeness (QED) is 0.302. The van der Waals surface area contributed by atoms with Crippen molar-refractivity contribution in [3.8, 4) is 0 Å². The second-order valence-corrected chi connectivity index (χ2v) is 9.11. The summed E-state index contributed by atoms with van der Waals surface area (Å²) in [5.74, 6) is 0.868. The maximum atomic E-state index is 11.5. The second-order valence-electron chi connectivity index (χ2n) is 7.40. The molecule has 1 aromatic carbocycles. The Labute approximate surface area is 201 Å². The van der Waals surface area contributed by atoms with Gasteiger partial charge in [0.1, 0.15) is 17.4 Å². The predicted octanol–water partition coefficient (Wildman–Crippen LogP) is 3.32. The molecule has 12 heteroatoms. The number of carbonyl (C=O) groups excluding carboxylic acids is 1. The van der Waals surface area contributed by atoms with Gasteiger partial charge in [0, 0.05) is 33.8 Å². The Morgan fingerprint density at radius 2 is 1.94 bits per heavy atom. The van der Waals surface area contributed by atoms with E-state index in [1.807, 2.05) is 12.1 Å². The molecule has 4 N–H and O–H groups in total. The zero-order chi connectivity index (χ0) is 22.7. The lowest BCUT2D eigenvalue weighted by molar-refractivity contribution is -0.142. The van der Waals surface area contributed by atoms with E-state index in [1.54, 1.807) is 6.20 Å². The number of aromatic nitrogens is 4. The molecule has 1 saturated heterocycles. The third-order valence-corrected chi connectivity index (χ3v) is 6.53. The van der Waals surface area contributed by atoms with Crippen LogP contribution in [0.5, 0.6) is 0 Å². The van der Waals surface area contributed by atoms with Crippen molar-refractivity contribution in [2.24, 2.45) is 0 Å². The van der Waals surface area contributed by atoms with Crippen LogP contribution < -0.4 is 16.4 Å². The zero-order valence-corrected chi connectivity index (χ0v) is 20.5. The van der Waals surface area contributed by atoms with Gasteiger partial charge in [-0.15, -0.1) is 0 Å². The summed E-state index contributed by atoms with van der Waals surface area (Å²) in [5.41, 5.74) is 8.64. The highest BCUT2D eigenvalue weighted by molar-refractivity contribution is 9.11. The number of methoxy groups -OCH3 is 1. The average Bonchev–Trinajstić information content (AvgIpc) is 2.79. The highest BCUT2D eigenvalue weighted by Gasteiger charge is 2.22. The number of benzene rings is 1. The minimum absolute atomic E-state index is 0.213. The molecule has 2 aromatic heterocycles. The number of rotatable bonds is 6. The Kier molecular flexibility index (Phi) is 7.01. The van der Waals surface area contributed by atoms with Gasteiger partial charge in [-0.25, -0.2) is 19.9 Å². The van der Waals surface area contributed by atoms with Crippen LogP contribution in [0.3, 0.4) is 0 Å². The molecular formula is C20H22Br2N8O2. The molecule has 1 fully saturated rings. The molecular weight excluding hydrogens is 544 g/mol. The van der Waals surface area contributed by atoms with E-state index in [4.69, 9.17) is 10.5 Å². The number of hydrogen-bond donors (Lipinski definition) is 3. The minimum atomic E-state index is -0.213. The Balaban J connectivity index is 1.49. The van der Waals surface area contributed by atoms with Gasteiger partial charge in [-0.2, -0.15) is 0 Å². The van der Waals surface area contributed by atoms with Gasteiger partial charge < -0.3 is 21.1 Å². The molecule has 4 rings (SSSR count). The molecule has 3 heterocycles. The minimum Gasteiger partial charge on any atom is -0.468 e. The topological polar surface area (TPSA) is 131 Å². The van der Waals surface area contributed by atoms with E-state index in [0.29, 0.717) is 35.0 Å². The fourth-order valence-electron chi connectivity index (χ4n) is 3.47.